The standard InChI is InChI=1S/C18H20BrNO2/c1-18(2,3)13-8-9-16(15(19)11-13)20-17(21)12-6-5-7-14(10-12)22-4/h5-11H,1-4H3,(H,20,21). The van der Waals surface area contributed by atoms with Crippen molar-refractivity contribution >= 4 is 27.5 Å². The molecular formula is C18H20BrNO2. The van der Waals surface area contributed by atoms with Crippen LogP contribution < -0.4 is 10.1 Å². The molecule has 0 saturated heterocycles. The summed E-state index contributed by atoms with van der Waals surface area (Å²) < 4.78 is 6.01. The molecule has 0 radical (unpaired) electrons. The molecule has 0 aromatic heterocycles. The number of anilines is 1. The molecule has 0 aliphatic rings. The van der Waals surface area contributed by atoms with Gasteiger partial charge in [-0.15, -0.1) is 0 Å². The zero-order chi connectivity index (χ0) is 16.3. The molecule has 0 atom stereocenters. The molecule has 0 aliphatic heterocycles. The molecule has 0 bridgehead atoms. The van der Waals surface area contributed by atoms with Crippen LogP contribution in [0, 0.1) is 0 Å². The first-order chi connectivity index (χ1) is 10.3. The Morgan fingerprint density at radius 2 is 1.86 bits per heavy atom. The largest absolute Gasteiger partial charge is 0.497 e. The van der Waals surface area contributed by atoms with Gasteiger partial charge in [0.25, 0.3) is 5.91 Å². The van der Waals surface area contributed by atoms with Crippen molar-refractivity contribution in [2.45, 2.75) is 26.2 Å². The Morgan fingerprint density at radius 3 is 2.45 bits per heavy atom. The van der Waals surface area contributed by atoms with E-state index in [1.54, 1.807) is 25.3 Å². The van der Waals surface area contributed by atoms with Gasteiger partial charge in [0.15, 0.2) is 0 Å². The van der Waals surface area contributed by atoms with Crippen LogP contribution in [0.2, 0.25) is 0 Å². The monoisotopic (exact) mass is 361 g/mol. The summed E-state index contributed by atoms with van der Waals surface area (Å²) in [7, 11) is 1.58. The van der Waals surface area contributed by atoms with Gasteiger partial charge in [-0.3, -0.25) is 4.79 Å². The topological polar surface area (TPSA) is 38.3 Å². The molecule has 0 fully saturated rings. The number of amides is 1. The van der Waals surface area contributed by atoms with E-state index in [2.05, 4.69) is 42.0 Å². The zero-order valence-corrected chi connectivity index (χ0v) is 14.8. The third-order valence-electron chi connectivity index (χ3n) is 3.42. The van der Waals surface area contributed by atoms with E-state index in [0.29, 0.717) is 11.3 Å². The van der Waals surface area contributed by atoms with Crippen LogP contribution in [0.5, 0.6) is 5.75 Å². The van der Waals surface area contributed by atoms with E-state index in [9.17, 15) is 4.79 Å². The van der Waals surface area contributed by atoms with Crippen LogP contribution in [0.1, 0.15) is 36.7 Å². The van der Waals surface area contributed by atoms with Crippen LogP contribution in [0.25, 0.3) is 0 Å². The van der Waals surface area contributed by atoms with Crippen LogP contribution in [-0.2, 0) is 5.41 Å². The number of carbonyl (C=O) groups excluding carboxylic acids is 1. The van der Waals surface area contributed by atoms with Gasteiger partial charge in [-0.05, 0) is 57.2 Å². The number of hydrogen-bond donors (Lipinski definition) is 1. The van der Waals surface area contributed by atoms with Crippen molar-refractivity contribution in [2.24, 2.45) is 0 Å². The van der Waals surface area contributed by atoms with E-state index in [-0.39, 0.29) is 11.3 Å². The highest BCUT2D eigenvalue weighted by Gasteiger charge is 2.16. The quantitative estimate of drug-likeness (QED) is 0.834. The number of benzene rings is 2. The molecule has 2 aromatic rings. The Bertz CT molecular complexity index is 690. The van der Waals surface area contributed by atoms with Crippen molar-refractivity contribution in [3.8, 4) is 5.75 Å². The SMILES string of the molecule is COc1cccc(C(=O)Nc2ccc(C(C)(C)C)cc2Br)c1. The van der Waals surface area contributed by atoms with Gasteiger partial charge in [0.1, 0.15) is 5.75 Å². The van der Waals surface area contributed by atoms with Gasteiger partial charge in [0.05, 0.1) is 12.8 Å². The van der Waals surface area contributed by atoms with E-state index in [1.807, 2.05) is 24.3 Å². The summed E-state index contributed by atoms with van der Waals surface area (Å²) in [4.78, 5) is 12.3. The lowest BCUT2D eigenvalue weighted by Crippen LogP contribution is -2.14. The number of rotatable bonds is 3. The number of hydrogen-bond acceptors (Lipinski definition) is 2. The van der Waals surface area contributed by atoms with Gasteiger partial charge >= 0.3 is 0 Å². The van der Waals surface area contributed by atoms with Crippen molar-refractivity contribution in [2.75, 3.05) is 12.4 Å². The fourth-order valence-corrected chi connectivity index (χ4v) is 2.52. The summed E-state index contributed by atoms with van der Waals surface area (Å²) in [5.41, 5.74) is 2.59. The Labute approximate surface area is 139 Å². The van der Waals surface area contributed by atoms with E-state index in [1.165, 1.54) is 5.56 Å². The predicted octanol–water partition coefficient (Wildman–Crippen LogP) is 5.01. The maximum atomic E-state index is 12.3. The molecule has 3 nitrogen and oxygen atoms in total. The average Bonchev–Trinajstić information content (AvgIpc) is 2.48. The summed E-state index contributed by atoms with van der Waals surface area (Å²) in [5.74, 6) is 0.498. The van der Waals surface area contributed by atoms with E-state index < -0.39 is 0 Å². The highest BCUT2D eigenvalue weighted by Crippen LogP contribution is 2.30. The minimum atomic E-state index is -0.164. The number of nitrogens with one attached hydrogen (secondary N) is 1. The minimum absolute atomic E-state index is 0.0673. The third kappa shape index (κ3) is 3.89. The predicted molar refractivity (Wildman–Crippen MR) is 93.8 cm³/mol. The van der Waals surface area contributed by atoms with Gasteiger partial charge in [-0.1, -0.05) is 32.9 Å². The van der Waals surface area contributed by atoms with Gasteiger partial charge in [-0.25, -0.2) is 0 Å². The average molecular weight is 362 g/mol. The maximum Gasteiger partial charge on any atom is 0.255 e. The lowest BCUT2D eigenvalue weighted by molar-refractivity contribution is 0.102. The van der Waals surface area contributed by atoms with Crippen molar-refractivity contribution in [1.29, 1.82) is 0 Å². The van der Waals surface area contributed by atoms with E-state index >= 15 is 0 Å². The lowest BCUT2D eigenvalue weighted by atomic mass is 9.87. The Balaban J connectivity index is 2.21. The lowest BCUT2D eigenvalue weighted by Gasteiger charge is -2.20. The molecule has 116 valence electrons. The van der Waals surface area contributed by atoms with Gasteiger partial charge in [-0.2, -0.15) is 0 Å². The van der Waals surface area contributed by atoms with E-state index in [0.717, 1.165) is 10.2 Å². The van der Waals surface area contributed by atoms with Crippen molar-refractivity contribution < 1.29 is 9.53 Å². The normalized spacial score (nSPS) is 11.1. The summed E-state index contributed by atoms with van der Waals surface area (Å²) in [5, 5.41) is 2.92. The van der Waals surface area contributed by atoms with Gasteiger partial charge < -0.3 is 10.1 Å². The number of halogens is 1. The minimum Gasteiger partial charge on any atom is -0.497 e. The second kappa shape index (κ2) is 6.53. The third-order valence-corrected chi connectivity index (χ3v) is 4.07. The number of ether oxygens (including phenoxy) is 1. The van der Waals surface area contributed by atoms with Crippen LogP contribution >= 0.6 is 15.9 Å². The smallest absolute Gasteiger partial charge is 0.255 e. The second-order valence-electron chi connectivity index (χ2n) is 6.13. The van der Waals surface area contributed by atoms with E-state index in [4.69, 9.17) is 4.74 Å². The summed E-state index contributed by atoms with van der Waals surface area (Å²) in [6.45, 7) is 6.47. The molecule has 0 aliphatic carbocycles. The molecular weight excluding hydrogens is 342 g/mol. The summed E-state index contributed by atoms with van der Waals surface area (Å²) >= 11 is 3.53. The van der Waals surface area contributed by atoms with Crippen LogP contribution in [-0.4, -0.2) is 13.0 Å². The molecule has 0 saturated carbocycles. The highest BCUT2D eigenvalue weighted by atomic mass is 79.9. The molecule has 1 amide bonds. The molecule has 2 aromatic carbocycles. The molecule has 2 rings (SSSR count). The Morgan fingerprint density at radius 1 is 1.14 bits per heavy atom. The molecule has 4 heteroatoms. The first-order valence-corrected chi connectivity index (χ1v) is 7.86. The first kappa shape index (κ1) is 16.6. The Kier molecular flexibility index (Phi) is 4.91. The van der Waals surface area contributed by atoms with Crippen molar-refractivity contribution in [3.63, 3.8) is 0 Å². The van der Waals surface area contributed by atoms with Gasteiger partial charge in [0, 0.05) is 10.0 Å². The van der Waals surface area contributed by atoms with Crippen molar-refractivity contribution in [1.82, 2.24) is 0 Å². The van der Waals surface area contributed by atoms with Gasteiger partial charge in [0.2, 0.25) is 0 Å². The maximum absolute atomic E-state index is 12.3. The van der Waals surface area contributed by atoms with Crippen LogP contribution in [0.15, 0.2) is 46.9 Å². The number of carbonyl (C=O) groups is 1. The van der Waals surface area contributed by atoms with Crippen LogP contribution in [0.4, 0.5) is 5.69 Å². The number of methoxy groups -OCH3 is 1. The molecule has 0 spiro atoms. The fourth-order valence-electron chi connectivity index (χ4n) is 2.04. The zero-order valence-electron chi connectivity index (χ0n) is 13.2. The molecule has 1 N–H and O–H groups in total. The van der Waals surface area contributed by atoms with Crippen molar-refractivity contribution in [3.05, 3.63) is 58.1 Å². The molecule has 22 heavy (non-hydrogen) atoms. The first-order valence-electron chi connectivity index (χ1n) is 7.06. The summed E-state index contributed by atoms with van der Waals surface area (Å²) in [6.07, 6.45) is 0. The molecule has 0 unspecified atom stereocenters. The van der Waals surface area contributed by atoms with Crippen LogP contribution in [0.3, 0.4) is 0 Å². The molecule has 0 heterocycles. The summed E-state index contributed by atoms with van der Waals surface area (Å²) in [6, 6.07) is 13.1. The second-order valence-corrected chi connectivity index (χ2v) is 6.99. The highest BCUT2D eigenvalue weighted by molar-refractivity contribution is 9.10. The Hall–Kier alpha value is -1.81. The fraction of sp³-hybridized carbons (Fsp3) is 0.278.